The fourth-order valence-corrected chi connectivity index (χ4v) is 4.64. The third kappa shape index (κ3) is 5.19. The molecule has 0 aliphatic carbocycles. The Labute approximate surface area is 193 Å². The molecule has 178 valence electrons. The number of carbonyl (C=O) groups excluding carboxylic acids is 3. The van der Waals surface area contributed by atoms with Crippen LogP contribution in [0.5, 0.6) is 0 Å². The van der Waals surface area contributed by atoms with Gasteiger partial charge in [-0.3, -0.25) is 19.8 Å². The van der Waals surface area contributed by atoms with Crippen LogP contribution >= 0.6 is 0 Å². The van der Waals surface area contributed by atoms with Crippen molar-refractivity contribution in [2.45, 2.75) is 45.6 Å². The van der Waals surface area contributed by atoms with Crippen LogP contribution in [0.25, 0.3) is 0 Å². The maximum Gasteiger partial charge on any atom is 0.256 e. The predicted octanol–water partition coefficient (Wildman–Crippen LogP) is 1.34. The second-order valence-corrected chi connectivity index (χ2v) is 9.16. The molecule has 2 saturated heterocycles. The van der Waals surface area contributed by atoms with E-state index in [-0.39, 0.29) is 35.2 Å². The van der Waals surface area contributed by atoms with Crippen molar-refractivity contribution in [3.05, 3.63) is 46.4 Å². The smallest absolute Gasteiger partial charge is 0.256 e. The van der Waals surface area contributed by atoms with Crippen LogP contribution in [0.4, 0.5) is 4.39 Å². The maximum absolute atomic E-state index is 14.6. The van der Waals surface area contributed by atoms with Crippen LogP contribution in [0, 0.1) is 11.7 Å². The molecule has 2 atom stereocenters. The van der Waals surface area contributed by atoms with Gasteiger partial charge in [-0.1, -0.05) is 6.07 Å². The highest BCUT2D eigenvalue weighted by atomic mass is 19.1. The minimum absolute atomic E-state index is 0.0357. The van der Waals surface area contributed by atoms with E-state index in [0.29, 0.717) is 39.0 Å². The first-order valence-electron chi connectivity index (χ1n) is 11.7. The lowest BCUT2D eigenvalue weighted by Crippen LogP contribution is -2.51. The molecule has 1 unspecified atom stereocenters. The van der Waals surface area contributed by atoms with Crippen LogP contribution in [-0.4, -0.2) is 66.3 Å². The molecule has 9 heteroatoms. The van der Waals surface area contributed by atoms with E-state index in [0.717, 1.165) is 36.2 Å². The first-order chi connectivity index (χ1) is 15.8. The van der Waals surface area contributed by atoms with Gasteiger partial charge >= 0.3 is 0 Å². The Bertz CT molecular complexity index is 965. The number of halogens is 1. The maximum atomic E-state index is 14.6. The van der Waals surface area contributed by atoms with Crippen LogP contribution in [0.15, 0.2) is 29.5 Å². The van der Waals surface area contributed by atoms with Gasteiger partial charge in [0.2, 0.25) is 11.8 Å². The zero-order chi connectivity index (χ0) is 23.5. The van der Waals surface area contributed by atoms with Crippen molar-refractivity contribution < 1.29 is 18.8 Å². The van der Waals surface area contributed by atoms with Crippen LogP contribution in [0.2, 0.25) is 0 Å². The number of rotatable bonds is 5. The number of piperazine rings is 1. The second-order valence-electron chi connectivity index (χ2n) is 9.16. The van der Waals surface area contributed by atoms with E-state index in [1.54, 1.807) is 21.9 Å². The number of amides is 3. The number of nitrogens with zero attached hydrogens (tertiary/aromatic N) is 2. The number of hydrazine groups is 1. The highest BCUT2D eigenvalue weighted by Gasteiger charge is 2.29. The standard InChI is InChI=1S/C24H32FN5O3/c1-15-16(2)23(32)28-27-21(15)13-17-5-6-20(25)19(12-17)24(33)30-10-8-29(9-11-30)22(31)14-18-4-3-7-26-18/h5-6,12,16,18,26-27H,3-4,7-11,13-14H2,1-2H3,(H,28,32)/t16?,18-/m0/s1. The molecule has 33 heavy (non-hydrogen) atoms. The molecule has 1 aromatic carbocycles. The van der Waals surface area contributed by atoms with Gasteiger partial charge in [0.1, 0.15) is 5.82 Å². The minimum Gasteiger partial charge on any atom is -0.339 e. The van der Waals surface area contributed by atoms with E-state index < -0.39 is 5.82 Å². The van der Waals surface area contributed by atoms with Gasteiger partial charge in [0.25, 0.3) is 5.91 Å². The third-order valence-electron chi connectivity index (χ3n) is 7.00. The SMILES string of the molecule is CC1=C(Cc2ccc(F)c(C(=O)N3CCN(C(=O)C[C@@H]4CCCN4)CC3)c2)NNC(=O)C1C. The van der Waals surface area contributed by atoms with Crippen molar-refractivity contribution in [1.82, 2.24) is 26.0 Å². The largest absolute Gasteiger partial charge is 0.339 e. The molecule has 3 aliphatic rings. The molecule has 8 nitrogen and oxygen atoms in total. The molecule has 3 heterocycles. The molecule has 4 rings (SSSR count). The molecule has 0 radical (unpaired) electrons. The lowest BCUT2D eigenvalue weighted by atomic mass is 9.95. The molecule has 3 aliphatic heterocycles. The minimum atomic E-state index is -0.557. The molecule has 3 amide bonds. The zero-order valence-corrected chi connectivity index (χ0v) is 19.2. The van der Waals surface area contributed by atoms with Crippen molar-refractivity contribution in [3.63, 3.8) is 0 Å². The van der Waals surface area contributed by atoms with E-state index in [1.807, 2.05) is 13.8 Å². The summed E-state index contributed by atoms with van der Waals surface area (Å²) in [6, 6.07) is 4.81. The summed E-state index contributed by atoms with van der Waals surface area (Å²) in [5.41, 5.74) is 8.13. The van der Waals surface area contributed by atoms with Crippen LogP contribution in [0.3, 0.4) is 0 Å². The van der Waals surface area contributed by atoms with Gasteiger partial charge in [0.15, 0.2) is 0 Å². The molecule has 1 aromatic rings. The van der Waals surface area contributed by atoms with Crippen LogP contribution < -0.4 is 16.2 Å². The van der Waals surface area contributed by atoms with Gasteiger partial charge in [-0.15, -0.1) is 0 Å². The highest BCUT2D eigenvalue weighted by molar-refractivity contribution is 5.95. The molecule has 2 fully saturated rings. The Kier molecular flexibility index (Phi) is 6.97. The summed E-state index contributed by atoms with van der Waals surface area (Å²) in [5, 5.41) is 3.34. The van der Waals surface area contributed by atoms with Gasteiger partial charge in [-0.25, -0.2) is 4.39 Å². The monoisotopic (exact) mass is 457 g/mol. The van der Waals surface area contributed by atoms with E-state index in [2.05, 4.69) is 16.2 Å². The van der Waals surface area contributed by atoms with Crippen molar-refractivity contribution in [3.8, 4) is 0 Å². The van der Waals surface area contributed by atoms with E-state index in [4.69, 9.17) is 0 Å². The molecule has 0 spiro atoms. The fraction of sp³-hybridized carbons (Fsp3) is 0.542. The number of hydrogen-bond acceptors (Lipinski definition) is 5. The Balaban J connectivity index is 1.38. The molecular formula is C24H32FN5O3. The van der Waals surface area contributed by atoms with Crippen molar-refractivity contribution >= 4 is 17.7 Å². The number of benzene rings is 1. The van der Waals surface area contributed by atoms with Crippen molar-refractivity contribution in [1.29, 1.82) is 0 Å². The van der Waals surface area contributed by atoms with Crippen molar-refractivity contribution in [2.75, 3.05) is 32.7 Å². The Morgan fingerprint density at radius 3 is 2.55 bits per heavy atom. The summed E-state index contributed by atoms with van der Waals surface area (Å²) in [5.74, 6) is -1.14. The second kappa shape index (κ2) is 9.91. The summed E-state index contributed by atoms with van der Waals surface area (Å²) < 4.78 is 14.6. The third-order valence-corrected chi connectivity index (χ3v) is 7.00. The van der Waals surface area contributed by atoms with Gasteiger partial charge in [0.05, 0.1) is 11.5 Å². The van der Waals surface area contributed by atoms with Crippen molar-refractivity contribution in [2.24, 2.45) is 5.92 Å². The average Bonchev–Trinajstić information content (AvgIpc) is 3.33. The number of hydrogen-bond donors (Lipinski definition) is 3. The first-order valence-corrected chi connectivity index (χ1v) is 11.7. The Hall–Kier alpha value is -2.94. The topological polar surface area (TPSA) is 93.8 Å². The zero-order valence-electron chi connectivity index (χ0n) is 19.2. The Morgan fingerprint density at radius 1 is 1.12 bits per heavy atom. The van der Waals surface area contributed by atoms with Gasteiger partial charge in [0, 0.05) is 50.8 Å². The lowest BCUT2D eigenvalue weighted by molar-refractivity contribution is -0.133. The molecule has 0 saturated carbocycles. The van der Waals surface area contributed by atoms with Crippen LogP contribution in [0.1, 0.15) is 49.0 Å². The molecular weight excluding hydrogens is 425 g/mol. The normalized spacial score (nSPS) is 23.4. The van der Waals surface area contributed by atoms with E-state index >= 15 is 0 Å². The number of carbonyl (C=O) groups is 3. The lowest BCUT2D eigenvalue weighted by Gasteiger charge is -2.35. The van der Waals surface area contributed by atoms with Gasteiger partial charge in [-0.2, -0.15) is 0 Å². The average molecular weight is 458 g/mol. The number of allylic oxidation sites excluding steroid dienone is 1. The molecule has 3 N–H and O–H groups in total. The fourth-order valence-electron chi connectivity index (χ4n) is 4.64. The number of nitrogens with one attached hydrogen (secondary N) is 3. The summed E-state index contributed by atoms with van der Waals surface area (Å²) in [6.45, 7) is 6.40. The molecule has 0 bridgehead atoms. The summed E-state index contributed by atoms with van der Waals surface area (Å²) in [7, 11) is 0. The quantitative estimate of drug-likeness (QED) is 0.621. The highest BCUT2D eigenvalue weighted by Crippen LogP contribution is 2.22. The van der Waals surface area contributed by atoms with Gasteiger partial charge < -0.3 is 20.5 Å². The van der Waals surface area contributed by atoms with E-state index in [1.165, 1.54) is 6.07 Å². The van der Waals surface area contributed by atoms with E-state index in [9.17, 15) is 18.8 Å². The summed E-state index contributed by atoms with van der Waals surface area (Å²) in [6.07, 6.45) is 3.07. The molecule has 0 aromatic heterocycles. The predicted molar refractivity (Wildman–Crippen MR) is 121 cm³/mol. The summed E-state index contributed by atoms with van der Waals surface area (Å²) in [4.78, 5) is 40.8. The van der Waals surface area contributed by atoms with Crippen LogP contribution in [-0.2, 0) is 16.0 Å². The van der Waals surface area contributed by atoms with Gasteiger partial charge in [-0.05, 0) is 56.5 Å². The summed E-state index contributed by atoms with van der Waals surface area (Å²) >= 11 is 0. The Morgan fingerprint density at radius 2 is 1.85 bits per heavy atom. The first kappa shape index (κ1) is 23.2.